The number of carboxylic acids is 1. The van der Waals surface area contributed by atoms with Gasteiger partial charge in [-0.25, -0.2) is 9.78 Å². The molecule has 3 N–H and O–H groups in total. The van der Waals surface area contributed by atoms with Crippen LogP contribution in [0.4, 0.5) is 5.69 Å². The standard InChI is InChI=1S/C9H8N4O4S/c14-9(15)8-6(2-1-4-10-8)13-18(16,17)7-3-5-11-12-7/h1-5,13H,(H,11,12)(H,14,15). The number of aromatic carboxylic acids is 1. The lowest BCUT2D eigenvalue weighted by Gasteiger charge is -2.07. The predicted molar refractivity (Wildman–Crippen MR) is 60.6 cm³/mol. The Morgan fingerprint density at radius 2 is 2.11 bits per heavy atom. The van der Waals surface area contributed by atoms with E-state index in [0.29, 0.717) is 0 Å². The Morgan fingerprint density at radius 3 is 2.72 bits per heavy atom. The number of nitrogens with one attached hydrogen (secondary N) is 2. The summed E-state index contributed by atoms with van der Waals surface area (Å²) in [5.74, 6) is -1.32. The minimum Gasteiger partial charge on any atom is -0.476 e. The minimum absolute atomic E-state index is 0.111. The van der Waals surface area contributed by atoms with Gasteiger partial charge in [-0.05, 0) is 18.2 Å². The molecule has 0 aliphatic rings. The Kier molecular flexibility index (Phi) is 2.98. The second-order valence-electron chi connectivity index (χ2n) is 3.23. The monoisotopic (exact) mass is 268 g/mol. The Balaban J connectivity index is 2.39. The van der Waals surface area contributed by atoms with Crippen molar-refractivity contribution in [3.8, 4) is 0 Å². The fourth-order valence-electron chi connectivity index (χ4n) is 1.25. The van der Waals surface area contributed by atoms with Crippen LogP contribution in [0, 0.1) is 0 Å². The summed E-state index contributed by atoms with van der Waals surface area (Å²) in [5, 5.41) is 14.5. The summed E-state index contributed by atoms with van der Waals surface area (Å²) in [6.45, 7) is 0. The topological polar surface area (TPSA) is 125 Å². The summed E-state index contributed by atoms with van der Waals surface area (Å²) >= 11 is 0. The predicted octanol–water partition coefficient (Wildman–Crippen LogP) is 0.304. The molecule has 2 rings (SSSR count). The molecule has 0 saturated heterocycles. The average molecular weight is 268 g/mol. The number of sulfonamides is 1. The molecule has 8 nitrogen and oxygen atoms in total. The molecule has 0 aliphatic carbocycles. The van der Waals surface area contributed by atoms with Crippen LogP contribution in [0.5, 0.6) is 0 Å². The summed E-state index contributed by atoms with van der Waals surface area (Å²) in [7, 11) is -3.90. The lowest BCUT2D eigenvalue weighted by molar-refractivity contribution is 0.0692. The van der Waals surface area contributed by atoms with Gasteiger partial charge in [0.15, 0.2) is 10.7 Å². The van der Waals surface area contributed by atoms with Gasteiger partial charge in [0.25, 0.3) is 10.0 Å². The van der Waals surface area contributed by atoms with Crippen molar-refractivity contribution in [3.05, 3.63) is 36.3 Å². The molecule has 0 amide bonds. The molecule has 0 radical (unpaired) electrons. The molecule has 18 heavy (non-hydrogen) atoms. The van der Waals surface area contributed by atoms with Gasteiger partial charge in [-0.2, -0.15) is 13.5 Å². The van der Waals surface area contributed by atoms with E-state index in [9.17, 15) is 13.2 Å². The number of H-pyrrole nitrogens is 1. The van der Waals surface area contributed by atoms with Gasteiger partial charge < -0.3 is 5.11 Å². The molecule has 9 heteroatoms. The highest BCUT2D eigenvalue weighted by Gasteiger charge is 2.19. The first-order valence-corrected chi connectivity index (χ1v) is 6.19. The van der Waals surface area contributed by atoms with Gasteiger partial charge in [-0.1, -0.05) is 0 Å². The van der Waals surface area contributed by atoms with Crippen LogP contribution in [-0.4, -0.2) is 34.7 Å². The molecule has 2 aromatic rings. The van der Waals surface area contributed by atoms with Gasteiger partial charge in [0, 0.05) is 6.20 Å². The van der Waals surface area contributed by atoms with Crippen molar-refractivity contribution in [3.63, 3.8) is 0 Å². The van der Waals surface area contributed by atoms with Crippen molar-refractivity contribution in [2.24, 2.45) is 0 Å². The Hall–Kier alpha value is -2.42. The molecule has 94 valence electrons. The third-order valence-electron chi connectivity index (χ3n) is 2.02. The molecule has 0 aromatic carbocycles. The van der Waals surface area contributed by atoms with Crippen LogP contribution >= 0.6 is 0 Å². The number of pyridine rings is 1. The van der Waals surface area contributed by atoms with Gasteiger partial charge in [-0.15, -0.1) is 0 Å². The number of hydrogen-bond donors (Lipinski definition) is 3. The number of hydrogen-bond acceptors (Lipinski definition) is 5. The van der Waals surface area contributed by atoms with Crippen LogP contribution in [0.2, 0.25) is 0 Å². The van der Waals surface area contributed by atoms with E-state index in [-0.39, 0.29) is 16.4 Å². The molecule has 0 saturated carbocycles. The smallest absolute Gasteiger partial charge is 0.356 e. The van der Waals surface area contributed by atoms with Crippen LogP contribution in [0.3, 0.4) is 0 Å². The van der Waals surface area contributed by atoms with Crippen molar-refractivity contribution >= 4 is 21.7 Å². The molecule has 0 spiro atoms. The van der Waals surface area contributed by atoms with E-state index in [1.54, 1.807) is 0 Å². The zero-order chi connectivity index (χ0) is 13.2. The third-order valence-corrected chi connectivity index (χ3v) is 3.31. The maximum atomic E-state index is 11.8. The molecule has 0 fully saturated rings. The summed E-state index contributed by atoms with van der Waals surface area (Å²) in [5.41, 5.74) is -0.486. The molecular weight excluding hydrogens is 260 g/mol. The Morgan fingerprint density at radius 1 is 1.33 bits per heavy atom. The normalized spacial score (nSPS) is 11.1. The van der Waals surface area contributed by atoms with Gasteiger partial charge in [-0.3, -0.25) is 9.82 Å². The highest BCUT2D eigenvalue weighted by molar-refractivity contribution is 7.92. The second-order valence-corrected chi connectivity index (χ2v) is 4.88. The van der Waals surface area contributed by atoms with Gasteiger partial charge in [0.2, 0.25) is 0 Å². The maximum absolute atomic E-state index is 11.8. The maximum Gasteiger partial charge on any atom is 0.356 e. The number of aromatic amines is 1. The molecule has 0 atom stereocenters. The van der Waals surface area contributed by atoms with Crippen LogP contribution < -0.4 is 4.72 Å². The third kappa shape index (κ3) is 2.30. The number of carboxylic acid groups (broad SMARTS) is 1. The largest absolute Gasteiger partial charge is 0.476 e. The van der Waals surface area contributed by atoms with E-state index < -0.39 is 16.0 Å². The lowest BCUT2D eigenvalue weighted by atomic mass is 10.3. The number of carbonyl (C=O) groups is 1. The first-order chi connectivity index (χ1) is 8.50. The molecule has 2 aromatic heterocycles. The quantitative estimate of drug-likeness (QED) is 0.732. The van der Waals surface area contributed by atoms with Crippen molar-refractivity contribution in [1.29, 1.82) is 0 Å². The fraction of sp³-hybridized carbons (Fsp3) is 0. The Bertz CT molecular complexity index is 666. The summed E-state index contributed by atoms with van der Waals surface area (Å²) in [4.78, 5) is 14.5. The SMILES string of the molecule is O=C(O)c1ncccc1NS(=O)(=O)c1ccn[nH]1. The fourth-order valence-corrected chi connectivity index (χ4v) is 2.23. The van der Waals surface area contributed by atoms with Crippen molar-refractivity contribution < 1.29 is 18.3 Å². The van der Waals surface area contributed by atoms with Crippen molar-refractivity contribution in [1.82, 2.24) is 15.2 Å². The zero-order valence-corrected chi connectivity index (χ0v) is 9.68. The van der Waals surface area contributed by atoms with Crippen LogP contribution in [0.15, 0.2) is 35.6 Å². The van der Waals surface area contributed by atoms with E-state index in [0.717, 1.165) is 0 Å². The van der Waals surface area contributed by atoms with Crippen LogP contribution in [-0.2, 0) is 10.0 Å². The van der Waals surface area contributed by atoms with E-state index >= 15 is 0 Å². The number of anilines is 1. The van der Waals surface area contributed by atoms with E-state index in [2.05, 4.69) is 19.9 Å². The number of nitrogens with zero attached hydrogens (tertiary/aromatic N) is 2. The average Bonchev–Trinajstić information content (AvgIpc) is 2.83. The first kappa shape index (κ1) is 12.0. The molecule has 0 aliphatic heterocycles. The highest BCUT2D eigenvalue weighted by Crippen LogP contribution is 2.16. The van der Waals surface area contributed by atoms with Crippen LogP contribution in [0.25, 0.3) is 0 Å². The summed E-state index contributed by atoms with van der Waals surface area (Å²) < 4.78 is 25.8. The van der Waals surface area contributed by atoms with E-state index in [1.165, 1.54) is 30.6 Å². The number of aromatic nitrogens is 3. The number of rotatable bonds is 4. The highest BCUT2D eigenvalue weighted by atomic mass is 32.2. The second kappa shape index (κ2) is 4.45. The lowest BCUT2D eigenvalue weighted by Crippen LogP contribution is -2.16. The van der Waals surface area contributed by atoms with Gasteiger partial charge in [0.05, 0.1) is 11.9 Å². The molecule has 2 heterocycles. The van der Waals surface area contributed by atoms with E-state index in [1.807, 2.05) is 0 Å². The van der Waals surface area contributed by atoms with E-state index in [4.69, 9.17) is 5.11 Å². The van der Waals surface area contributed by atoms with Crippen LogP contribution in [0.1, 0.15) is 10.5 Å². The zero-order valence-electron chi connectivity index (χ0n) is 8.86. The minimum atomic E-state index is -3.90. The van der Waals surface area contributed by atoms with Gasteiger partial charge in [0.1, 0.15) is 0 Å². The first-order valence-electron chi connectivity index (χ1n) is 4.71. The molecular formula is C9H8N4O4S. The van der Waals surface area contributed by atoms with Gasteiger partial charge >= 0.3 is 5.97 Å². The van der Waals surface area contributed by atoms with Crippen molar-refractivity contribution in [2.75, 3.05) is 4.72 Å². The summed E-state index contributed by atoms with van der Waals surface area (Å²) in [6.07, 6.45) is 2.54. The Labute approximate surface area is 102 Å². The summed E-state index contributed by atoms with van der Waals surface area (Å²) in [6, 6.07) is 3.99. The molecule has 0 unspecified atom stereocenters. The van der Waals surface area contributed by atoms with Crippen molar-refractivity contribution in [2.45, 2.75) is 5.03 Å². The molecule has 0 bridgehead atoms.